The zero-order chi connectivity index (χ0) is 38.5. The Morgan fingerprint density at radius 2 is 1.55 bits per heavy atom. The highest BCUT2D eigenvalue weighted by atomic mass is 16.5. The fraction of sp³-hybridized carbons (Fsp3) is 0.761. The van der Waals surface area contributed by atoms with Crippen LogP contribution in [0.1, 0.15) is 132 Å². The van der Waals surface area contributed by atoms with Gasteiger partial charge in [-0.15, -0.1) is 0 Å². The van der Waals surface area contributed by atoms with Gasteiger partial charge in [0.1, 0.15) is 6.10 Å². The largest absolute Gasteiger partial charge is 0.481 e. The third-order valence-corrected chi connectivity index (χ3v) is 17.7. The smallest absolute Gasteiger partial charge is 0.309 e. The molecule has 6 aliphatic rings. The Labute approximate surface area is 318 Å². The van der Waals surface area contributed by atoms with Gasteiger partial charge in [-0.2, -0.15) is 0 Å². The van der Waals surface area contributed by atoms with Gasteiger partial charge in [-0.25, -0.2) is 0 Å². The van der Waals surface area contributed by atoms with Gasteiger partial charge in [0.05, 0.1) is 17.9 Å². The van der Waals surface area contributed by atoms with E-state index in [4.69, 9.17) is 4.74 Å². The number of rotatable bonds is 9. The SMILES string of the molecule is CC(C)C1=C2[C@H]3CC[C@@H]4[C@@]5(C)CC[C@H](OC(=O)[C@H]6C[C@@H](C(=O)O)C6(C)C)C(C)(C)[C@@H]5CC[C@@]4(C)[C@]3(C)CC[C@@]2([C@@H](O)CNCc2ccccc2)CC1=O. The van der Waals surface area contributed by atoms with Gasteiger partial charge in [0, 0.05) is 30.3 Å². The van der Waals surface area contributed by atoms with E-state index in [-0.39, 0.29) is 57.3 Å². The summed E-state index contributed by atoms with van der Waals surface area (Å²) in [4.78, 5) is 39.4. The maximum atomic E-state index is 14.0. The molecule has 0 saturated heterocycles. The Hall–Kier alpha value is -2.51. The predicted molar refractivity (Wildman–Crippen MR) is 206 cm³/mol. The first kappa shape index (κ1) is 38.8. The first-order valence-corrected chi connectivity index (χ1v) is 20.9. The summed E-state index contributed by atoms with van der Waals surface area (Å²) >= 11 is 0. The minimum atomic E-state index is -0.826. The molecule has 0 aliphatic heterocycles. The van der Waals surface area contributed by atoms with E-state index in [1.165, 1.54) is 11.1 Å². The first-order valence-electron chi connectivity index (χ1n) is 20.9. The summed E-state index contributed by atoms with van der Waals surface area (Å²) in [6, 6.07) is 10.3. The fourth-order valence-electron chi connectivity index (χ4n) is 14.4. The number of carboxylic acid groups (broad SMARTS) is 1. The molecule has 11 atom stereocenters. The maximum Gasteiger partial charge on any atom is 0.309 e. The van der Waals surface area contributed by atoms with E-state index in [0.29, 0.717) is 37.8 Å². The summed E-state index contributed by atoms with van der Waals surface area (Å²) in [7, 11) is 0. The third kappa shape index (κ3) is 5.58. The van der Waals surface area contributed by atoms with Crippen LogP contribution in [0.25, 0.3) is 0 Å². The lowest BCUT2D eigenvalue weighted by Crippen LogP contribution is -2.66. The predicted octanol–water partition coefficient (Wildman–Crippen LogP) is 8.78. The molecule has 0 bridgehead atoms. The Kier molecular flexibility index (Phi) is 9.53. The molecule has 0 spiro atoms. The number of aliphatic carboxylic acids is 1. The zero-order valence-electron chi connectivity index (χ0n) is 34.0. The van der Waals surface area contributed by atoms with Crippen molar-refractivity contribution in [2.75, 3.05) is 6.54 Å². The van der Waals surface area contributed by atoms with Crippen LogP contribution < -0.4 is 5.32 Å². The number of ether oxygens (including phenoxy) is 1. The van der Waals surface area contributed by atoms with Gasteiger partial charge in [0.15, 0.2) is 5.78 Å². The van der Waals surface area contributed by atoms with Crippen LogP contribution in [0, 0.1) is 68.0 Å². The van der Waals surface area contributed by atoms with Crippen LogP contribution in [0.5, 0.6) is 0 Å². The van der Waals surface area contributed by atoms with Gasteiger partial charge in [0.2, 0.25) is 0 Å². The number of carbonyl (C=O) groups is 3. The molecule has 7 nitrogen and oxygen atoms in total. The summed E-state index contributed by atoms with van der Waals surface area (Å²) in [5.41, 5.74) is 2.39. The monoisotopic (exact) mass is 729 g/mol. The van der Waals surface area contributed by atoms with Crippen molar-refractivity contribution in [1.82, 2.24) is 5.32 Å². The number of hydrogen-bond donors (Lipinski definition) is 3. The number of aliphatic hydroxyl groups is 1. The number of allylic oxidation sites excluding steroid dienone is 1. The molecule has 53 heavy (non-hydrogen) atoms. The molecular weight excluding hydrogens is 663 g/mol. The van der Waals surface area contributed by atoms with Crippen molar-refractivity contribution in [3.05, 3.63) is 47.0 Å². The van der Waals surface area contributed by atoms with E-state index < -0.39 is 28.8 Å². The Balaban J connectivity index is 1.13. The molecule has 0 unspecified atom stereocenters. The Morgan fingerprint density at radius 3 is 2.19 bits per heavy atom. The van der Waals surface area contributed by atoms with Gasteiger partial charge in [0.25, 0.3) is 0 Å². The third-order valence-electron chi connectivity index (χ3n) is 17.7. The molecule has 0 radical (unpaired) electrons. The minimum absolute atomic E-state index is 0.00855. The van der Waals surface area contributed by atoms with Crippen LogP contribution in [0.4, 0.5) is 0 Å². The summed E-state index contributed by atoms with van der Waals surface area (Å²) in [6.45, 7) is 21.6. The number of Topliss-reactive ketones (excluding diaryl/α,β-unsaturated/α-hetero) is 1. The van der Waals surface area contributed by atoms with E-state index >= 15 is 0 Å². The zero-order valence-corrected chi connectivity index (χ0v) is 34.0. The number of carboxylic acids is 1. The summed E-state index contributed by atoms with van der Waals surface area (Å²) < 4.78 is 6.41. The molecule has 1 aromatic carbocycles. The van der Waals surface area contributed by atoms with E-state index in [0.717, 1.165) is 56.9 Å². The number of fused-ring (bicyclic) bond motifs is 7. The van der Waals surface area contributed by atoms with Crippen LogP contribution >= 0.6 is 0 Å². The average Bonchev–Trinajstić information content (AvgIpc) is 3.39. The lowest BCUT2D eigenvalue weighted by Gasteiger charge is -2.72. The van der Waals surface area contributed by atoms with Gasteiger partial charge in [-0.3, -0.25) is 14.4 Å². The average molecular weight is 730 g/mol. The van der Waals surface area contributed by atoms with Crippen LogP contribution in [-0.2, 0) is 25.7 Å². The number of esters is 1. The second-order valence-electron chi connectivity index (χ2n) is 20.8. The lowest BCUT2D eigenvalue weighted by atomic mass is 9.33. The van der Waals surface area contributed by atoms with E-state index in [2.05, 4.69) is 65.9 Å². The standard InChI is InChI=1S/C46H67NO6/c1-27(2)37-32(48)24-46(35(49)26-47-25-28-13-11-10-12-14-28)22-21-44(8)29(38(37)46)15-16-34-43(7)19-18-36(42(5,6)33(43)17-20-45(34,44)9)53-40(52)31-23-30(39(50)51)41(31,3)4/h10-14,27,29-31,33-36,47,49H,15-26H2,1-9H3,(H,50,51)/t29-,30+,31-,33+,34-,35+,36+,43+,44-,45-,46+/m1/s1. The molecule has 1 aromatic rings. The first-order chi connectivity index (χ1) is 24.8. The number of benzene rings is 1. The Morgan fingerprint density at radius 1 is 0.849 bits per heavy atom. The van der Waals surface area contributed by atoms with Crippen molar-refractivity contribution in [2.24, 2.45) is 68.0 Å². The van der Waals surface area contributed by atoms with Crippen molar-refractivity contribution in [3.8, 4) is 0 Å². The van der Waals surface area contributed by atoms with Gasteiger partial charge in [-0.05, 0) is 114 Å². The number of hydrogen-bond acceptors (Lipinski definition) is 6. The van der Waals surface area contributed by atoms with Gasteiger partial charge in [-0.1, -0.05) is 98.2 Å². The van der Waals surface area contributed by atoms with Crippen LogP contribution in [0.3, 0.4) is 0 Å². The molecule has 3 N–H and O–H groups in total. The molecule has 0 heterocycles. The van der Waals surface area contributed by atoms with Crippen molar-refractivity contribution in [3.63, 3.8) is 0 Å². The van der Waals surface area contributed by atoms with Gasteiger partial charge >= 0.3 is 11.9 Å². The van der Waals surface area contributed by atoms with Gasteiger partial charge < -0.3 is 20.3 Å². The van der Waals surface area contributed by atoms with Crippen molar-refractivity contribution >= 4 is 17.7 Å². The van der Waals surface area contributed by atoms with Crippen molar-refractivity contribution in [1.29, 1.82) is 0 Å². The number of ketones is 1. The summed E-state index contributed by atoms with van der Waals surface area (Å²) in [5.74, 6) is -0.350. The van der Waals surface area contributed by atoms with E-state index in [1.807, 2.05) is 32.0 Å². The minimum Gasteiger partial charge on any atom is -0.481 e. The molecule has 6 aliphatic carbocycles. The number of aliphatic hydroxyl groups excluding tert-OH is 1. The second-order valence-corrected chi connectivity index (χ2v) is 20.8. The molecule has 7 heteroatoms. The molecule has 7 rings (SSSR count). The molecule has 5 fully saturated rings. The Bertz CT molecular complexity index is 1660. The molecular formula is C46H67NO6. The maximum absolute atomic E-state index is 14.0. The van der Waals surface area contributed by atoms with Crippen molar-refractivity contribution < 1.29 is 29.3 Å². The molecule has 0 amide bonds. The summed E-state index contributed by atoms with van der Waals surface area (Å²) in [5, 5.41) is 25.3. The van der Waals surface area contributed by atoms with Crippen LogP contribution in [0.2, 0.25) is 0 Å². The number of carbonyl (C=O) groups excluding carboxylic acids is 2. The van der Waals surface area contributed by atoms with E-state index in [1.54, 1.807) is 0 Å². The highest BCUT2D eigenvalue weighted by molar-refractivity contribution is 6.00. The van der Waals surface area contributed by atoms with Crippen molar-refractivity contribution in [2.45, 2.75) is 145 Å². The quantitative estimate of drug-likeness (QED) is 0.218. The topological polar surface area (TPSA) is 113 Å². The van der Waals surface area contributed by atoms with Crippen LogP contribution in [0.15, 0.2) is 41.5 Å². The highest BCUT2D eigenvalue weighted by Crippen LogP contribution is 2.77. The molecule has 0 aromatic heterocycles. The normalized spacial score (nSPS) is 41.8. The second kappa shape index (κ2) is 13.0. The van der Waals surface area contributed by atoms with E-state index in [9.17, 15) is 24.6 Å². The summed E-state index contributed by atoms with van der Waals surface area (Å²) in [6.07, 6.45) is 8.03. The molecule has 292 valence electrons. The highest BCUT2D eigenvalue weighted by Gasteiger charge is 2.71. The number of nitrogens with one attached hydrogen (secondary N) is 1. The van der Waals surface area contributed by atoms with Crippen LogP contribution in [-0.4, -0.2) is 46.7 Å². The molecule has 5 saturated carbocycles. The fourth-order valence-corrected chi connectivity index (χ4v) is 14.4. The lowest BCUT2D eigenvalue weighted by molar-refractivity contribution is -0.238.